The van der Waals surface area contributed by atoms with Crippen LogP contribution in [-0.2, 0) is 22.3 Å². The standard InChI is InChI=1S/2C18H16F4N2O3/c2*1-18(8-26-17(21)22)5-4-11-12(10-3-2-9(19)6-13(10)20)7-14(15(23)25)24-16(11)27-18/h2*2-3,6-7,17H,4-5,8H2,1H3,(H2,23,25)/t2*18-/m10/s1. The molecule has 10 nitrogen and oxygen atoms in total. The maximum atomic E-state index is 14.3. The molecule has 6 rings (SSSR count). The van der Waals surface area contributed by atoms with E-state index in [9.17, 15) is 44.7 Å². The van der Waals surface area contributed by atoms with Crippen LogP contribution >= 0.6 is 0 Å². The van der Waals surface area contributed by atoms with Crippen LogP contribution in [0.1, 0.15) is 58.8 Å². The van der Waals surface area contributed by atoms with Crippen molar-refractivity contribution in [2.75, 3.05) is 13.2 Å². The fourth-order valence-corrected chi connectivity index (χ4v) is 5.93. The number of primary amides is 2. The number of benzene rings is 2. The van der Waals surface area contributed by atoms with Gasteiger partial charge >= 0.3 is 13.2 Å². The molecule has 0 fully saturated rings. The number of nitrogens with two attached hydrogens (primary N) is 2. The molecule has 2 atom stereocenters. The second-order valence-corrected chi connectivity index (χ2v) is 12.9. The molecule has 288 valence electrons. The zero-order valence-electron chi connectivity index (χ0n) is 28.5. The summed E-state index contributed by atoms with van der Waals surface area (Å²) in [6.45, 7) is -3.58. The largest absolute Gasteiger partial charge is 0.469 e. The minimum atomic E-state index is -2.96. The summed E-state index contributed by atoms with van der Waals surface area (Å²) in [6.07, 6.45) is 1.19. The van der Waals surface area contributed by atoms with Crippen LogP contribution in [0.5, 0.6) is 11.8 Å². The highest BCUT2D eigenvalue weighted by atomic mass is 19.3. The van der Waals surface area contributed by atoms with Gasteiger partial charge in [0.05, 0.1) is 13.2 Å². The van der Waals surface area contributed by atoms with Crippen LogP contribution in [0.25, 0.3) is 22.3 Å². The summed E-state index contributed by atoms with van der Waals surface area (Å²) in [7, 11) is 0. The van der Waals surface area contributed by atoms with E-state index >= 15 is 0 Å². The van der Waals surface area contributed by atoms with Gasteiger partial charge in [-0.05, 0) is 87.1 Å². The van der Waals surface area contributed by atoms with E-state index in [0.29, 0.717) is 36.8 Å². The third-order valence-corrected chi connectivity index (χ3v) is 8.64. The molecule has 4 aromatic rings. The third-order valence-electron chi connectivity index (χ3n) is 8.64. The van der Waals surface area contributed by atoms with Gasteiger partial charge in [-0.2, -0.15) is 17.6 Å². The minimum absolute atomic E-state index is 0.0170. The first kappa shape index (κ1) is 39.8. The van der Waals surface area contributed by atoms with E-state index in [1.807, 2.05) is 0 Å². The van der Waals surface area contributed by atoms with Gasteiger partial charge in [0.2, 0.25) is 11.8 Å². The molecule has 4 N–H and O–H groups in total. The highest BCUT2D eigenvalue weighted by Crippen LogP contribution is 2.41. The summed E-state index contributed by atoms with van der Waals surface area (Å²) in [4.78, 5) is 31.3. The topological polar surface area (TPSA) is 149 Å². The van der Waals surface area contributed by atoms with Crippen molar-refractivity contribution in [3.63, 3.8) is 0 Å². The molecule has 18 heteroatoms. The lowest BCUT2D eigenvalue weighted by atomic mass is 9.89. The van der Waals surface area contributed by atoms with Crippen LogP contribution in [0.3, 0.4) is 0 Å². The summed E-state index contributed by atoms with van der Waals surface area (Å²) in [5, 5.41) is 0. The fourth-order valence-electron chi connectivity index (χ4n) is 5.93. The number of alkyl halides is 4. The van der Waals surface area contributed by atoms with Gasteiger partial charge in [-0.1, -0.05) is 0 Å². The highest BCUT2D eigenvalue weighted by Gasteiger charge is 2.37. The molecular weight excluding hydrogens is 736 g/mol. The molecule has 0 radical (unpaired) electrons. The SMILES string of the molecule is C[C@@]1(COC(F)F)CCc2c(-c3ccc(F)cc3F)cc(C(N)=O)nc2O1.C[C@]1(COC(F)F)CCc2c(-c3ccc(F)cc3F)cc(C(N)=O)nc2O1. The predicted molar refractivity (Wildman–Crippen MR) is 175 cm³/mol. The second-order valence-electron chi connectivity index (χ2n) is 12.9. The highest BCUT2D eigenvalue weighted by molar-refractivity contribution is 5.93. The maximum Gasteiger partial charge on any atom is 0.345 e. The molecular formula is C36H32F8N4O6. The van der Waals surface area contributed by atoms with Crippen molar-refractivity contribution in [1.29, 1.82) is 0 Å². The Balaban J connectivity index is 0.000000208. The zero-order valence-corrected chi connectivity index (χ0v) is 28.5. The van der Waals surface area contributed by atoms with Gasteiger partial charge in [-0.3, -0.25) is 9.59 Å². The summed E-state index contributed by atoms with van der Waals surface area (Å²) >= 11 is 0. The predicted octanol–water partition coefficient (Wildman–Crippen LogP) is 6.90. The fraction of sp³-hybridized carbons (Fsp3) is 0.333. The molecule has 0 bridgehead atoms. The maximum absolute atomic E-state index is 14.3. The Bertz CT molecular complexity index is 1930. The number of ether oxygens (including phenoxy) is 4. The van der Waals surface area contributed by atoms with E-state index in [1.54, 1.807) is 13.8 Å². The molecule has 2 amide bonds. The first-order valence-corrected chi connectivity index (χ1v) is 16.1. The number of amides is 2. The zero-order chi connectivity index (χ0) is 39.5. The third kappa shape index (κ3) is 9.22. The molecule has 2 aromatic heterocycles. The van der Waals surface area contributed by atoms with Crippen molar-refractivity contribution < 1.29 is 63.7 Å². The number of aromatic nitrogens is 2. The Morgan fingerprint density at radius 3 is 1.35 bits per heavy atom. The Hall–Kier alpha value is -5.36. The number of halogens is 8. The Morgan fingerprint density at radius 1 is 0.667 bits per heavy atom. The molecule has 0 unspecified atom stereocenters. The summed E-state index contributed by atoms with van der Waals surface area (Å²) < 4.78 is 125. The lowest BCUT2D eigenvalue weighted by Crippen LogP contribution is -2.42. The molecule has 0 aliphatic carbocycles. The molecule has 0 spiro atoms. The smallest absolute Gasteiger partial charge is 0.345 e. The van der Waals surface area contributed by atoms with E-state index in [1.165, 1.54) is 24.3 Å². The number of carbonyl (C=O) groups excluding carboxylic acids is 2. The van der Waals surface area contributed by atoms with Crippen LogP contribution < -0.4 is 20.9 Å². The van der Waals surface area contributed by atoms with Gasteiger partial charge < -0.3 is 30.4 Å². The number of rotatable bonds is 10. The molecule has 0 saturated heterocycles. The lowest BCUT2D eigenvalue weighted by molar-refractivity contribution is -0.164. The normalized spacial score (nSPS) is 18.9. The van der Waals surface area contributed by atoms with Crippen molar-refractivity contribution in [3.05, 3.63) is 94.3 Å². The van der Waals surface area contributed by atoms with Crippen molar-refractivity contribution in [2.24, 2.45) is 11.5 Å². The van der Waals surface area contributed by atoms with Crippen LogP contribution in [0, 0.1) is 23.3 Å². The van der Waals surface area contributed by atoms with Crippen molar-refractivity contribution in [3.8, 4) is 34.0 Å². The molecule has 2 aliphatic rings. The van der Waals surface area contributed by atoms with Gasteiger partial charge in [-0.15, -0.1) is 0 Å². The van der Waals surface area contributed by atoms with E-state index < -0.39 is 72.7 Å². The quantitative estimate of drug-likeness (QED) is 0.166. The number of carbonyl (C=O) groups is 2. The number of pyridine rings is 2. The van der Waals surface area contributed by atoms with Crippen LogP contribution in [0.15, 0.2) is 48.5 Å². The van der Waals surface area contributed by atoms with Gasteiger partial charge in [0.15, 0.2) is 0 Å². The van der Waals surface area contributed by atoms with Gasteiger partial charge in [0.1, 0.15) is 45.9 Å². The van der Waals surface area contributed by atoms with Crippen molar-refractivity contribution in [1.82, 2.24) is 9.97 Å². The second kappa shape index (κ2) is 15.9. The monoisotopic (exact) mass is 768 g/mol. The molecule has 54 heavy (non-hydrogen) atoms. The van der Waals surface area contributed by atoms with Crippen LogP contribution in [0.4, 0.5) is 35.1 Å². The average Bonchev–Trinajstić information content (AvgIpc) is 3.09. The van der Waals surface area contributed by atoms with Crippen LogP contribution in [0.2, 0.25) is 0 Å². The van der Waals surface area contributed by atoms with E-state index in [4.69, 9.17) is 20.9 Å². The first-order valence-electron chi connectivity index (χ1n) is 16.1. The minimum Gasteiger partial charge on any atom is -0.469 e. The number of nitrogens with zero attached hydrogens (tertiary/aromatic N) is 2. The lowest BCUT2D eigenvalue weighted by Gasteiger charge is -2.35. The van der Waals surface area contributed by atoms with Gasteiger partial charge in [-0.25, -0.2) is 27.5 Å². The number of fused-ring (bicyclic) bond motifs is 2. The Labute approximate surface area is 302 Å². The molecule has 2 aliphatic heterocycles. The van der Waals surface area contributed by atoms with E-state index in [2.05, 4.69) is 19.4 Å². The van der Waals surface area contributed by atoms with E-state index in [0.717, 1.165) is 24.3 Å². The van der Waals surface area contributed by atoms with Gasteiger partial charge in [0, 0.05) is 34.4 Å². The van der Waals surface area contributed by atoms with Crippen molar-refractivity contribution >= 4 is 11.8 Å². The van der Waals surface area contributed by atoms with E-state index in [-0.39, 0.29) is 45.4 Å². The van der Waals surface area contributed by atoms with Crippen LogP contribution in [-0.4, -0.2) is 59.4 Å². The Kier molecular flexibility index (Phi) is 11.8. The molecule has 2 aromatic carbocycles. The average molecular weight is 769 g/mol. The number of hydrogen-bond acceptors (Lipinski definition) is 8. The molecule has 4 heterocycles. The summed E-state index contributed by atoms with van der Waals surface area (Å²) in [6, 6.07) is 8.68. The van der Waals surface area contributed by atoms with Gasteiger partial charge in [0.25, 0.3) is 11.8 Å². The van der Waals surface area contributed by atoms with Crippen molar-refractivity contribution in [2.45, 2.75) is 64.0 Å². The summed E-state index contributed by atoms with van der Waals surface area (Å²) in [5.74, 6) is -4.93. The summed E-state index contributed by atoms with van der Waals surface area (Å²) in [5.41, 5.74) is 9.59. The Morgan fingerprint density at radius 2 is 1.04 bits per heavy atom. The number of hydrogen-bond donors (Lipinski definition) is 2. The molecule has 0 saturated carbocycles. The first-order chi connectivity index (χ1) is 25.4.